The van der Waals surface area contributed by atoms with Gasteiger partial charge in [0.15, 0.2) is 0 Å². The molecule has 2 aromatic rings. The molecule has 1 amide bonds. The number of carbonyl (C=O) groups is 1. The highest BCUT2D eigenvalue weighted by atomic mass is 35.5. The summed E-state index contributed by atoms with van der Waals surface area (Å²) in [4.78, 5) is 12.8. The number of hydrogen-bond donors (Lipinski definition) is 1. The molecule has 0 atom stereocenters. The van der Waals surface area contributed by atoms with Crippen molar-refractivity contribution >= 4 is 17.5 Å². The first-order valence-electron chi connectivity index (χ1n) is 8.62. The van der Waals surface area contributed by atoms with Crippen molar-refractivity contribution in [2.75, 3.05) is 0 Å². The summed E-state index contributed by atoms with van der Waals surface area (Å²) < 4.78 is 5.28. The first-order chi connectivity index (χ1) is 11.6. The minimum Gasteiger partial charge on any atom is -0.360 e. The van der Waals surface area contributed by atoms with E-state index in [1.54, 1.807) is 13.0 Å². The molecule has 1 heterocycles. The second-order valence-corrected chi connectivity index (χ2v) is 6.95. The summed E-state index contributed by atoms with van der Waals surface area (Å²) in [7, 11) is 0. The van der Waals surface area contributed by atoms with Gasteiger partial charge < -0.3 is 9.84 Å². The molecule has 1 aromatic heterocycles. The fourth-order valence-corrected chi connectivity index (χ4v) is 3.67. The Morgan fingerprint density at radius 3 is 2.67 bits per heavy atom. The van der Waals surface area contributed by atoms with E-state index >= 15 is 0 Å². The Balaban J connectivity index is 1.79. The van der Waals surface area contributed by atoms with Gasteiger partial charge in [-0.1, -0.05) is 48.3 Å². The minimum atomic E-state index is -0.122. The SMILES string of the molecule is CCC1CCC(NC(=O)c2c(-c3ccccc3Cl)noc2C)CC1. The van der Waals surface area contributed by atoms with E-state index in [1.807, 2.05) is 18.2 Å². The lowest BCUT2D eigenvalue weighted by Crippen LogP contribution is -2.37. The first-order valence-corrected chi connectivity index (χ1v) is 9.00. The summed E-state index contributed by atoms with van der Waals surface area (Å²) in [6, 6.07) is 7.59. The molecule has 0 saturated heterocycles. The molecule has 0 bridgehead atoms. The number of rotatable bonds is 4. The highest BCUT2D eigenvalue weighted by Crippen LogP contribution is 2.32. The molecule has 128 valence electrons. The third-order valence-corrected chi connectivity index (χ3v) is 5.31. The zero-order valence-corrected chi connectivity index (χ0v) is 14.9. The molecule has 0 aliphatic heterocycles. The van der Waals surface area contributed by atoms with Crippen LogP contribution in [0, 0.1) is 12.8 Å². The molecule has 0 unspecified atom stereocenters. The standard InChI is InChI=1S/C19H23ClN2O2/c1-3-13-8-10-14(11-9-13)21-19(23)17-12(2)24-22-18(17)15-6-4-5-7-16(15)20/h4-7,13-14H,3,8-11H2,1-2H3,(H,21,23). The van der Waals surface area contributed by atoms with Crippen LogP contribution in [0.5, 0.6) is 0 Å². The minimum absolute atomic E-state index is 0.122. The molecule has 1 aliphatic rings. The van der Waals surface area contributed by atoms with Crippen molar-refractivity contribution in [3.05, 3.63) is 40.6 Å². The van der Waals surface area contributed by atoms with Crippen molar-refractivity contribution in [1.82, 2.24) is 10.5 Å². The first kappa shape index (κ1) is 17.0. The third-order valence-electron chi connectivity index (χ3n) is 4.98. The Morgan fingerprint density at radius 1 is 1.29 bits per heavy atom. The molecule has 5 heteroatoms. The Kier molecular flexibility index (Phi) is 5.24. The Morgan fingerprint density at radius 2 is 2.00 bits per heavy atom. The van der Waals surface area contributed by atoms with E-state index in [9.17, 15) is 4.79 Å². The number of nitrogens with one attached hydrogen (secondary N) is 1. The van der Waals surface area contributed by atoms with Crippen LogP contribution in [0.2, 0.25) is 5.02 Å². The van der Waals surface area contributed by atoms with Gasteiger partial charge in [0.1, 0.15) is 17.0 Å². The quantitative estimate of drug-likeness (QED) is 0.847. The van der Waals surface area contributed by atoms with E-state index in [-0.39, 0.29) is 11.9 Å². The number of aryl methyl sites for hydroxylation is 1. The van der Waals surface area contributed by atoms with Crippen molar-refractivity contribution in [2.45, 2.75) is 52.0 Å². The topological polar surface area (TPSA) is 55.1 Å². The highest BCUT2D eigenvalue weighted by Gasteiger charge is 2.26. The lowest BCUT2D eigenvalue weighted by Gasteiger charge is -2.28. The average molecular weight is 347 g/mol. The molecule has 1 N–H and O–H groups in total. The maximum atomic E-state index is 12.8. The number of nitrogens with zero attached hydrogens (tertiary/aromatic N) is 1. The smallest absolute Gasteiger partial charge is 0.257 e. The summed E-state index contributed by atoms with van der Waals surface area (Å²) in [6.45, 7) is 4.00. The fraction of sp³-hybridized carbons (Fsp3) is 0.474. The number of amides is 1. The van der Waals surface area contributed by atoms with Gasteiger partial charge in [0.2, 0.25) is 0 Å². The van der Waals surface area contributed by atoms with Crippen LogP contribution in [-0.2, 0) is 0 Å². The second-order valence-electron chi connectivity index (χ2n) is 6.54. The van der Waals surface area contributed by atoms with Crippen LogP contribution in [0.25, 0.3) is 11.3 Å². The number of halogens is 1. The van der Waals surface area contributed by atoms with Crippen LogP contribution in [-0.4, -0.2) is 17.1 Å². The van der Waals surface area contributed by atoms with Gasteiger partial charge >= 0.3 is 0 Å². The van der Waals surface area contributed by atoms with Crippen LogP contribution in [0.3, 0.4) is 0 Å². The van der Waals surface area contributed by atoms with Gasteiger partial charge in [-0.15, -0.1) is 0 Å². The molecule has 1 aliphatic carbocycles. The van der Waals surface area contributed by atoms with Crippen molar-refractivity contribution in [1.29, 1.82) is 0 Å². The van der Waals surface area contributed by atoms with Gasteiger partial charge in [-0.25, -0.2) is 0 Å². The van der Waals surface area contributed by atoms with Crippen molar-refractivity contribution in [3.63, 3.8) is 0 Å². The van der Waals surface area contributed by atoms with Crippen LogP contribution < -0.4 is 5.32 Å². The normalized spacial score (nSPS) is 20.8. The van der Waals surface area contributed by atoms with E-state index < -0.39 is 0 Å². The molecule has 1 saturated carbocycles. The Labute approximate surface area is 147 Å². The summed E-state index contributed by atoms with van der Waals surface area (Å²) in [5, 5.41) is 7.78. The summed E-state index contributed by atoms with van der Waals surface area (Å²) in [5.74, 6) is 1.20. The van der Waals surface area contributed by atoms with Crippen molar-refractivity contribution in [3.8, 4) is 11.3 Å². The van der Waals surface area contributed by atoms with Crippen molar-refractivity contribution in [2.24, 2.45) is 5.92 Å². The second kappa shape index (κ2) is 7.39. The lowest BCUT2D eigenvalue weighted by molar-refractivity contribution is 0.0920. The fourth-order valence-electron chi connectivity index (χ4n) is 3.45. The van der Waals surface area contributed by atoms with Gasteiger partial charge in [0.05, 0.1) is 5.02 Å². The maximum absolute atomic E-state index is 12.8. The summed E-state index contributed by atoms with van der Waals surface area (Å²) >= 11 is 6.26. The zero-order valence-electron chi connectivity index (χ0n) is 14.1. The number of benzene rings is 1. The number of aromatic nitrogens is 1. The van der Waals surface area contributed by atoms with E-state index in [4.69, 9.17) is 16.1 Å². The van der Waals surface area contributed by atoms with Gasteiger partial charge in [-0.3, -0.25) is 4.79 Å². The molecular weight excluding hydrogens is 324 g/mol. The van der Waals surface area contributed by atoms with E-state index in [0.29, 0.717) is 22.0 Å². The highest BCUT2D eigenvalue weighted by molar-refractivity contribution is 6.33. The molecule has 0 spiro atoms. The molecule has 4 nitrogen and oxygen atoms in total. The number of hydrogen-bond acceptors (Lipinski definition) is 3. The largest absolute Gasteiger partial charge is 0.360 e. The molecular formula is C19H23ClN2O2. The predicted octanol–water partition coefficient (Wildman–Crippen LogP) is 5.00. The van der Waals surface area contributed by atoms with Crippen LogP contribution in [0.15, 0.2) is 28.8 Å². The van der Waals surface area contributed by atoms with E-state index in [2.05, 4.69) is 17.4 Å². The van der Waals surface area contributed by atoms with E-state index in [0.717, 1.165) is 24.3 Å². The third kappa shape index (κ3) is 3.48. The molecule has 0 radical (unpaired) electrons. The molecule has 1 aromatic carbocycles. The zero-order chi connectivity index (χ0) is 17.1. The summed E-state index contributed by atoms with van der Waals surface area (Å²) in [6.07, 6.45) is 5.66. The van der Waals surface area contributed by atoms with Crippen LogP contribution in [0.1, 0.15) is 55.1 Å². The van der Waals surface area contributed by atoms with Gasteiger partial charge in [-0.2, -0.15) is 0 Å². The monoisotopic (exact) mass is 346 g/mol. The Hall–Kier alpha value is -1.81. The molecule has 1 fully saturated rings. The van der Waals surface area contributed by atoms with Crippen molar-refractivity contribution < 1.29 is 9.32 Å². The molecule has 3 rings (SSSR count). The molecule has 24 heavy (non-hydrogen) atoms. The lowest BCUT2D eigenvalue weighted by atomic mass is 9.84. The predicted molar refractivity (Wildman–Crippen MR) is 95.2 cm³/mol. The van der Waals surface area contributed by atoms with Crippen LogP contribution in [0.4, 0.5) is 0 Å². The summed E-state index contributed by atoms with van der Waals surface area (Å²) in [5.41, 5.74) is 1.72. The number of carbonyl (C=O) groups excluding carboxylic acids is 1. The van der Waals surface area contributed by atoms with Gasteiger partial charge in [0, 0.05) is 11.6 Å². The van der Waals surface area contributed by atoms with Gasteiger partial charge in [0.25, 0.3) is 5.91 Å². The maximum Gasteiger partial charge on any atom is 0.257 e. The van der Waals surface area contributed by atoms with Gasteiger partial charge in [-0.05, 0) is 44.6 Å². The Bertz CT molecular complexity index is 718. The van der Waals surface area contributed by atoms with Crippen LogP contribution >= 0.6 is 11.6 Å². The average Bonchev–Trinajstić information content (AvgIpc) is 2.97. The van der Waals surface area contributed by atoms with E-state index in [1.165, 1.54) is 19.3 Å².